The number of ether oxygens (including phenoxy) is 1. The molecule has 3 N–H and O–H groups in total. The molecule has 1 fully saturated rings. The normalized spacial score (nSPS) is 16.4. The Morgan fingerprint density at radius 1 is 1.22 bits per heavy atom. The lowest BCUT2D eigenvalue weighted by Crippen LogP contribution is -2.55. The summed E-state index contributed by atoms with van der Waals surface area (Å²) >= 11 is 0. The van der Waals surface area contributed by atoms with Crippen LogP contribution in [0.2, 0.25) is 0 Å². The molecule has 0 unspecified atom stereocenters. The van der Waals surface area contributed by atoms with E-state index in [-0.39, 0.29) is 24.2 Å². The molecule has 0 saturated carbocycles. The van der Waals surface area contributed by atoms with Gasteiger partial charge in [-0.3, -0.25) is 4.79 Å². The molecule has 0 bridgehead atoms. The molecule has 1 amide bonds. The van der Waals surface area contributed by atoms with Crippen molar-refractivity contribution < 1.29 is 23.4 Å². The first kappa shape index (κ1) is 17.6. The Morgan fingerprint density at radius 2 is 1.96 bits per heavy atom. The second-order valence-corrected chi connectivity index (χ2v) is 6.79. The van der Waals surface area contributed by atoms with Gasteiger partial charge in [0.1, 0.15) is 5.82 Å². The molecule has 1 aliphatic heterocycles. The van der Waals surface area contributed by atoms with Gasteiger partial charge in [-0.05, 0) is 37.1 Å². The van der Waals surface area contributed by atoms with E-state index in [0.29, 0.717) is 42.8 Å². The highest BCUT2D eigenvalue weighted by molar-refractivity contribution is 5.92. The van der Waals surface area contributed by atoms with Gasteiger partial charge in [0, 0.05) is 13.2 Å². The largest absolute Gasteiger partial charge is 0.394 e. The zero-order valence-corrected chi connectivity index (χ0v) is 14.7. The molecule has 6 nitrogen and oxygen atoms in total. The molecular weight excluding hydrogens is 349 g/mol. The van der Waals surface area contributed by atoms with Gasteiger partial charge >= 0.3 is 11.7 Å². The van der Waals surface area contributed by atoms with Gasteiger partial charge in [-0.15, -0.1) is 0 Å². The van der Waals surface area contributed by atoms with E-state index in [1.807, 2.05) is 12.1 Å². The lowest BCUT2D eigenvalue weighted by Gasteiger charge is -2.35. The number of aliphatic hydroxyl groups excluding tert-OH is 1. The number of hydrogen-bond donors (Lipinski definition) is 3. The van der Waals surface area contributed by atoms with Crippen molar-refractivity contribution in [3.8, 4) is 11.3 Å². The molecule has 1 saturated heterocycles. The Hall–Kier alpha value is -2.77. The molecule has 0 aliphatic carbocycles. The van der Waals surface area contributed by atoms with Crippen LogP contribution in [0.25, 0.3) is 16.8 Å². The molecule has 2 aromatic heterocycles. The summed E-state index contributed by atoms with van der Waals surface area (Å²) in [5.74, 6) is -0.439. The lowest BCUT2D eigenvalue weighted by molar-refractivity contribution is -0.514. The molecule has 27 heavy (non-hydrogen) atoms. The SMILES string of the molecule is O=C(NC1(CO)CCOCC1)c1[nH]c(-c2ccccc2F)c2cccc[n+]12. The van der Waals surface area contributed by atoms with Gasteiger partial charge in [-0.2, -0.15) is 4.40 Å². The Morgan fingerprint density at radius 3 is 2.70 bits per heavy atom. The number of carbonyl (C=O) groups excluding carboxylic acids is 1. The zero-order valence-electron chi connectivity index (χ0n) is 14.7. The highest BCUT2D eigenvalue weighted by atomic mass is 19.1. The van der Waals surface area contributed by atoms with Crippen LogP contribution in [-0.2, 0) is 4.74 Å². The van der Waals surface area contributed by atoms with E-state index in [0.717, 1.165) is 0 Å². The van der Waals surface area contributed by atoms with Crippen LogP contribution in [-0.4, -0.2) is 41.4 Å². The van der Waals surface area contributed by atoms with E-state index >= 15 is 0 Å². The molecule has 0 atom stereocenters. The summed E-state index contributed by atoms with van der Waals surface area (Å²) in [6.45, 7) is 0.811. The fourth-order valence-corrected chi connectivity index (χ4v) is 3.50. The third kappa shape index (κ3) is 3.20. The van der Waals surface area contributed by atoms with Gasteiger partial charge in [0.2, 0.25) is 0 Å². The molecular formula is C20H21FN3O3+. The molecule has 0 radical (unpaired) electrons. The van der Waals surface area contributed by atoms with Gasteiger partial charge in [0.15, 0.2) is 11.2 Å². The first-order valence-electron chi connectivity index (χ1n) is 8.92. The number of benzene rings is 1. The summed E-state index contributed by atoms with van der Waals surface area (Å²) in [5.41, 5.74) is 0.908. The van der Waals surface area contributed by atoms with Gasteiger partial charge in [-0.25, -0.2) is 9.37 Å². The van der Waals surface area contributed by atoms with Crippen molar-refractivity contribution in [3.05, 3.63) is 60.3 Å². The van der Waals surface area contributed by atoms with Crippen molar-refractivity contribution in [2.24, 2.45) is 0 Å². The standard InChI is InChI=1S/C20H20FN3O3/c21-15-6-2-1-5-14(15)17-16-7-3-4-10-24(16)18(22-17)19(26)23-20(13-25)8-11-27-12-9-20/h1-7,10,25H,8-9,11-13H2,(H,23,26)/p+1. The van der Waals surface area contributed by atoms with Crippen molar-refractivity contribution in [2.75, 3.05) is 19.8 Å². The Balaban J connectivity index is 1.76. The number of carbonyl (C=O) groups is 1. The molecule has 3 aromatic rings. The van der Waals surface area contributed by atoms with Crippen LogP contribution < -0.4 is 9.72 Å². The number of aromatic amines is 1. The smallest absolute Gasteiger partial charge is 0.351 e. The molecule has 1 aromatic carbocycles. The number of nitrogens with zero attached hydrogens (tertiary/aromatic N) is 1. The third-order valence-corrected chi connectivity index (χ3v) is 5.09. The summed E-state index contributed by atoms with van der Waals surface area (Å²) in [4.78, 5) is 16.1. The van der Waals surface area contributed by atoms with Crippen molar-refractivity contribution in [1.82, 2.24) is 10.3 Å². The number of nitrogens with one attached hydrogen (secondary N) is 2. The van der Waals surface area contributed by atoms with Crippen LogP contribution in [0.5, 0.6) is 0 Å². The number of pyridine rings is 1. The predicted octanol–water partition coefficient (Wildman–Crippen LogP) is 1.83. The first-order valence-corrected chi connectivity index (χ1v) is 8.92. The average Bonchev–Trinajstić information content (AvgIpc) is 3.09. The van der Waals surface area contributed by atoms with Crippen molar-refractivity contribution in [2.45, 2.75) is 18.4 Å². The maximum absolute atomic E-state index is 14.3. The van der Waals surface area contributed by atoms with Gasteiger partial charge in [-0.1, -0.05) is 18.2 Å². The van der Waals surface area contributed by atoms with Gasteiger partial charge in [0.05, 0.1) is 23.9 Å². The third-order valence-electron chi connectivity index (χ3n) is 5.09. The van der Waals surface area contributed by atoms with Gasteiger partial charge in [0.25, 0.3) is 0 Å². The van der Waals surface area contributed by atoms with Crippen LogP contribution in [0.3, 0.4) is 0 Å². The zero-order chi connectivity index (χ0) is 18.9. The number of H-pyrrole nitrogens is 1. The van der Waals surface area contributed by atoms with E-state index in [4.69, 9.17) is 4.74 Å². The number of fused-ring (bicyclic) bond motifs is 1. The molecule has 7 heteroatoms. The van der Waals surface area contributed by atoms with Crippen LogP contribution in [0.1, 0.15) is 23.5 Å². The summed E-state index contributed by atoms with van der Waals surface area (Å²) in [7, 11) is 0. The number of halogens is 1. The van der Waals surface area contributed by atoms with Crippen molar-refractivity contribution >= 4 is 11.4 Å². The Labute approximate surface area is 155 Å². The quantitative estimate of drug-likeness (QED) is 0.613. The highest BCUT2D eigenvalue weighted by Gasteiger charge is 2.37. The lowest BCUT2D eigenvalue weighted by atomic mass is 9.91. The fourth-order valence-electron chi connectivity index (χ4n) is 3.50. The molecule has 140 valence electrons. The summed E-state index contributed by atoms with van der Waals surface area (Å²) in [6.07, 6.45) is 2.83. The number of imidazole rings is 1. The minimum Gasteiger partial charge on any atom is -0.394 e. The molecule has 1 aliphatic rings. The number of aliphatic hydroxyl groups is 1. The van der Waals surface area contributed by atoms with E-state index in [1.165, 1.54) is 6.07 Å². The van der Waals surface area contributed by atoms with Crippen molar-refractivity contribution in [1.29, 1.82) is 0 Å². The van der Waals surface area contributed by atoms with Crippen molar-refractivity contribution in [3.63, 3.8) is 0 Å². The Kier molecular flexibility index (Phi) is 4.63. The summed E-state index contributed by atoms with van der Waals surface area (Å²) < 4.78 is 21.4. The van der Waals surface area contributed by atoms with Gasteiger partial charge < -0.3 is 15.2 Å². The minimum atomic E-state index is -0.708. The number of amides is 1. The number of hydrogen-bond acceptors (Lipinski definition) is 3. The first-order chi connectivity index (χ1) is 13.1. The monoisotopic (exact) mass is 370 g/mol. The van der Waals surface area contributed by atoms with Crippen LogP contribution in [0.4, 0.5) is 4.39 Å². The minimum absolute atomic E-state index is 0.161. The van der Waals surface area contributed by atoms with Crippen LogP contribution >= 0.6 is 0 Å². The molecule has 0 spiro atoms. The molecule has 3 heterocycles. The topological polar surface area (TPSA) is 78.4 Å². The number of rotatable bonds is 4. The second kappa shape index (κ2) is 7.09. The second-order valence-electron chi connectivity index (χ2n) is 6.79. The van der Waals surface area contributed by atoms with E-state index < -0.39 is 5.54 Å². The Bertz CT molecular complexity index is 980. The summed E-state index contributed by atoms with van der Waals surface area (Å²) in [5, 5.41) is 12.8. The highest BCUT2D eigenvalue weighted by Crippen LogP contribution is 2.25. The van der Waals surface area contributed by atoms with Crippen LogP contribution in [0, 0.1) is 5.82 Å². The van der Waals surface area contributed by atoms with E-state index in [9.17, 15) is 14.3 Å². The summed E-state index contributed by atoms with van der Waals surface area (Å²) in [6, 6.07) is 11.9. The maximum Gasteiger partial charge on any atom is 0.351 e. The van der Waals surface area contributed by atoms with Crippen LogP contribution in [0.15, 0.2) is 48.7 Å². The average molecular weight is 370 g/mol. The predicted molar refractivity (Wildman–Crippen MR) is 96.7 cm³/mol. The van der Waals surface area contributed by atoms with E-state index in [2.05, 4.69) is 10.3 Å². The molecule has 4 rings (SSSR count). The van der Waals surface area contributed by atoms with E-state index in [1.54, 1.807) is 34.9 Å². The number of aromatic nitrogens is 2. The maximum atomic E-state index is 14.3. The fraction of sp³-hybridized carbons (Fsp3) is 0.300.